The Morgan fingerprint density at radius 3 is 2.39 bits per heavy atom. The molecule has 2 aromatic rings. The first kappa shape index (κ1) is 12.7. The Morgan fingerprint density at radius 2 is 1.67 bits per heavy atom. The second-order valence-electron chi connectivity index (χ2n) is 4.25. The molecule has 0 spiro atoms. The van der Waals surface area contributed by atoms with Crippen molar-refractivity contribution in [3.05, 3.63) is 71.5 Å². The van der Waals surface area contributed by atoms with E-state index in [1.807, 2.05) is 41.7 Å². The average molecular weight is 246 g/mol. The molecule has 1 atom stereocenters. The van der Waals surface area contributed by atoms with Crippen molar-refractivity contribution in [3.63, 3.8) is 0 Å². The van der Waals surface area contributed by atoms with E-state index >= 15 is 0 Å². The Balaban J connectivity index is 1.84. The van der Waals surface area contributed by atoms with Gasteiger partial charge >= 0.3 is 0 Å². The van der Waals surface area contributed by atoms with Crippen molar-refractivity contribution < 1.29 is 14.8 Å². The van der Waals surface area contributed by atoms with Gasteiger partial charge < -0.3 is 10.4 Å². The molecule has 18 heavy (non-hydrogen) atoms. The number of aliphatic hydroxyl groups excluding tert-OH is 1. The van der Waals surface area contributed by atoms with E-state index in [4.69, 9.17) is 0 Å². The molecule has 94 valence electrons. The van der Waals surface area contributed by atoms with Gasteiger partial charge in [0.1, 0.15) is 25.0 Å². The van der Waals surface area contributed by atoms with Gasteiger partial charge in [0, 0.05) is 5.56 Å². The number of rotatable bonds is 5. The summed E-state index contributed by atoms with van der Waals surface area (Å²) in [6.45, 7) is 1.06. The average Bonchev–Trinajstić information content (AvgIpc) is 2.42. The molecule has 0 saturated carbocycles. The number of nitrogens with two attached hydrogens (primary N) is 1. The molecule has 0 aliphatic heterocycles. The van der Waals surface area contributed by atoms with E-state index < -0.39 is 6.10 Å². The van der Waals surface area contributed by atoms with Gasteiger partial charge in [-0.25, -0.2) is 4.39 Å². The largest absolute Gasteiger partial charge is 0.382 e. The molecule has 0 amide bonds. The fraction of sp³-hybridized carbons (Fsp3) is 0.200. The lowest BCUT2D eigenvalue weighted by molar-refractivity contribution is -0.677. The maximum absolute atomic E-state index is 13.4. The number of aliphatic hydroxyl groups is 1. The summed E-state index contributed by atoms with van der Waals surface area (Å²) >= 11 is 0. The first-order valence-corrected chi connectivity index (χ1v) is 6.05. The lowest BCUT2D eigenvalue weighted by Gasteiger charge is -2.09. The zero-order chi connectivity index (χ0) is 12.8. The summed E-state index contributed by atoms with van der Waals surface area (Å²) < 4.78 is 13.4. The van der Waals surface area contributed by atoms with E-state index in [9.17, 15) is 9.50 Å². The Hall–Kier alpha value is -1.71. The highest BCUT2D eigenvalue weighted by Crippen LogP contribution is 2.09. The Morgan fingerprint density at radius 1 is 1.00 bits per heavy atom. The first-order valence-electron chi connectivity index (χ1n) is 6.05. The summed E-state index contributed by atoms with van der Waals surface area (Å²) in [5.41, 5.74) is 1.56. The Kier molecular flexibility index (Phi) is 4.45. The lowest BCUT2D eigenvalue weighted by Crippen LogP contribution is -2.83. The highest BCUT2D eigenvalue weighted by atomic mass is 19.1. The van der Waals surface area contributed by atoms with Crippen LogP contribution in [-0.2, 0) is 6.54 Å². The minimum Gasteiger partial charge on any atom is -0.382 e. The summed E-state index contributed by atoms with van der Waals surface area (Å²) in [5.74, 6) is -0.192. The highest BCUT2D eigenvalue weighted by molar-refractivity contribution is 5.17. The van der Waals surface area contributed by atoms with Crippen LogP contribution in [0.25, 0.3) is 0 Å². The minimum absolute atomic E-state index is 0.192. The molecule has 2 nitrogen and oxygen atoms in total. The van der Waals surface area contributed by atoms with Crippen LogP contribution >= 0.6 is 0 Å². The van der Waals surface area contributed by atoms with Crippen molar-refractivity contribution in [3.8, 4) is 0 Å². The smallest absolute Gasteiger partial charge is 0.132 e. The number of halogens is 1. The van der Waals surface area contributed by atoms with Crippen LogP contribution in [0.3, 0.4) is 0 Å². The van der Waals surface area contributed by atoms with Crippen molar-refractivity contribution >= 4 is 0 Å². The molecule has 2 aromatic carbocycles. The number of quaternary nitrogens is 1. The molecule has 2 rings (SSSR count). The number of hydrogen-bond donors (Lipinski definition) is 2. The molecule has 0 radical (unpaired) electrons. The predicted molar refractivity (Wildman–Crippen MR) is 68.3 cm³/mol. The van der Waals surface area contributed by atoms with Gasteiger partial charge in [0.15, 0.2) is 0 Å². The Bertz CT molecular complexity index is 487. The maximum Gasteiger partial charge on any atom is 0.132 e. The van der Waals surface area contributed by atoms with Crippen molar-refractivity contribution in [1.29, 1.82) is 0 Å². The molecule has 0 aromatic heterocycles. The van der Waals surface area contributed by atoms with Gasteiger partial charge in [0.25, 0.3) is 0 Å². The van der Waals surface area contributed by atoms with Crippen LogP contribution in [0, 0.1) is 5.82 Å². The molecular weight excluding hydrogens is 229 g/mol. The van der Waals surface area contributed by atoms with E-state index in [0.717, 1.165) is 5.56 Å². The van der Waals surface area contributed by atoms with Gasteiger partial charge in [-0.1, -0.05) is 48.5 Å². The van der Waals surface area contributed by atoms with Crippen LogP contribution < -0.4 is 5.32 Å². The molecule has 0 saturated heterocycles. The van der Waals surface area contributed by atoms with Crippen LogP contribution in [-0.4, -0.2) is 11.7 Å². The van der Waals surface area contributed by atoms with Crippen molar-refractivity contribution in [2.24, 2.45) is 0 Å². The first-order chi connectivity index (χ1) is 8.77. The molecule has 0 bridgehead atoms. The van der Waals surface area contributed by atoms with Crippen LogP contribution in [0.1, 0.15) is 17.2 Å². The van der Waals surface area contributed by atoms with E-state index in [1.54, 1.807) is 12.1 Å². The summed E-state index contributed by atoms with van der Waals surface area (Å²) in [7, 11) is 0. The summed E-state index contributed by atoms with van der Waals surface area (Å²) in [6, 6.07) is 16.2. The fourth-order valence-electron chi connectivity index (χ4n) is 1.87. The molecular formula is C15H17FNO+. The van der Waals surface area contributed by atoms with Crippen molar-refractivity contribution in [2.45, 2.75) is 12.6 Å². The van der Waals surface area contributed by atoms with Crippen LogP contribution in [0.2, 0.25) is 0 Å². The van der Waals surface area contributed by atoms with E-state index in [1.165, 1.54) is 6.07 Å². The third-order valence-corrected chi connectivity index (χ3v) is 2.90. The van der Waals surface area contributed by atoms with Crippen molar-refractivity contribution in [2.75, 3.05) is 6.54 Å². The third-order valence-electron chi connectivity index (χ3n) is 2.90. The second kappa shape index (κ2) is 6.28. The molecule has 0 aliphatic carbocycles. The van der Waals surface area contributed by atoms with Crippen LogP contribution in [0.5, 0.6) is 0 Å². The quantitative estimate of drug-likeness (QED) is 0.826. The second-order valence-corrected chi connectivity index (χ2v) is 4.25. The summed E-state index contributed by atoms with van der Waals surface area (Å²) in [6.07, 6.45) is -0.516. The van der Waals surface area contributed by atoms with Gasteiger partial charge in [0.05, 0.1) is 0 Å². The van der Waals surface area contributed by atoms with Gasteiger partial charge in [-0.15, -0.1) is 0 Å². The molecule has 0 aliphatic rings. The maximum atomic E-state index is 13.4. The zero-order valence-electron chi connectivity index (χ0n) is 10.1. The fourth-order valence-corrected chi connectivity index (χ4v) is 1.87. The van der Waals surface area contributed by atoms with E-state index in [-0.39, 0.29) is 5.82 Å². The molecule has 3 heteroatoms. The zero-order valence-corrected chi connectivity index (χ0v) is 10.1. The van der Waals surface area contributed by atoms with E-state index in [2.05, 4.69) is 0 Å². The summed E-state index contributed by atoms with van der Waals surface area (Å²) in [4.78, 5) is 0. The molecule has 0 fully saturated rings. The monoisotopic (exact) mass is 246 g/mol. The number of benzene rings is 2. The predicted octanol–water partition coefficient (Wildman–Crippen LogP) is 1.62. The van der Waals surface area contributed by atoms with Crippen molar-refractivity contribution in [1.82, 2.24) is 0 Å². The minimum atomic E-state index is -0.516. The normalized spacial score (nSPS) is 12.3. The van der Waals surface area contributed by atoms with Gasteiger partial charge in [-0.2, -0.15) is 0 Å². The highest BCUT2D eigenvalue weighted by Gasteiger charge is 2.09. The molecule has 0 unspecified atom stereocenters. The molecule has 3 N–H and O–H groups in total. The lowest BCUT2D eigenvalue weighted by atomic mass is 10.1. The van der Waals surface area contributed by atoms with Gasteiger partial charge in [-0.05, 0) is 11.6 Å². The number of hydrogen-bond acceptors (Lipinski definition) is 1. The topological polar surface area (TPSA) is 36.8 Å². The van der Waals surface area contributed by atoms with Crippen LogP contribution in [0.15, 0.2) is 54.6 Å². The van der Waals surface area contributed by atoms with Crippen LogP contribution in [0.4, 0.5) is 4.39 Å². The molecule has 0 heterocycles. The van der Waals surface area contributed by atoms with Gasteiger partial charge in [-0.3, -0.25) is 0 Å². The van der Waals surface area contributed by atoms with E-state index in [0.29, 0.717) is 18.7 Å². The Labute approximate surface area is 106 Å². The standard InChI is InChI=1S/C15H16FNO/c16-14-9-5-4-8-13(14)10-17-11-15(18)12-6-2-1-3-7-12/h1-9,15,17-18H,10-11H2/p+1/t15-/m1/s1. The van der Waals surface area contributed by atoms with Gasteiger partial charge in [0.2, 0.25) is 0 Å². The SMILES string of the molecule is O[C@H](C[NH2+]Cc1ccccc1F)c1ccccc1. The third kappa shape index (κ3) is 3.39. The summed E-state index contributed by atoms with van der Waals surface area (Å²) in [5, 5.41) is 11.9.